The van der Waals surface area contributed by atoms with Gasteiger partial charge in [0, 0.05) is 29.8 Å². The number of nitrogens with zero attached hydrogens (tertiary/aromatic N) is 4. The fourth-order valence-electron chi connectivity index (χ4n) is 4.58. The number of hydrogen-bond acceptors (Lipinski definition) is 6. The summed E-state index contributed by atoms with van der Waals surface area (Å²) in [7, 11) is 0. The summed E-state index contributed by atoms with van der Waals surface area (Å²) in [6, 6.07) is 18.5. The van der Waals surface area contributed by atoms with Gasteiger partial charge in [-0.05, 0) is 25.8 Å². The molecular weight excluding hydrogens is 497 g/mol. The number of benzene rings is 2. The molecule has 2 aromatic carbocycles. The molecule has 1 atom stereocenters. The van der Waals surface area contributed by atoms with Crippen molar-refractivity contribution in [3.05, 3.63) is 95.6 Å². The molecule has 2 amide bonds. The van der Waals surface area contributed by atoms with Crippen LogP contribution in [0.4, 0.5) is 15.8 Å². The summed E-state index contributed by atoms with van der Waals surface area (Å²) in [5, 5.41) is 13.1. The van der Waals surface area contributed by atoms with E-state index in [2.05, 4.69) is 31.0 Å². The van der Waals surface area contributed by atoms with Gasteiger partial charge >= 0.3 is 0 Å². The summed E-state index contributed by atoms with van der Waals surface area (Å²) >= 11 is 0. The Kier molecular flexibility index (Phi) is 6.36. The van der Waals surface area contributed by atoms with Gasteiger partial charge < -0.3 is 16.0 Å². The second-order valence-corrected chi connectivity index (χ2v) is 9.45. The average Bonchev–Trinajstić information content (AvgIpc) is 3.68. The van der Waals surface area contributed by atoms with Gasteiger partial charge in [-0.3, -0.25) is 14.3 Å². The summed E-state index contributed by atoms with van der Waals surface area (Å²) < 4.78 is 16.8. The maximum absolute atomic E-state index is 15.2. The van der Waals surface area contributed by atoms with Crippen molar-refractivity contribution in [2.24, 2.45) is 4.99 Å². The van der Waals surface area contributed by atoms with Gasteiger partial charge in [0.05, 0.1) is 35.0 Å². The molecule has 0 bridgehead atoms. The van der Waals surface area contributed by atoms with Crippen LogP contribution >= 0.6 is 0 Å². The van der Waals surface area contributed by atoms with Crippen molar-refractivity contribution in [1.29, 1.82) is 0 Å². The van der Waals surface area contributed by atoms with Crippen molar-refractivity contribution >= 4 is 28.9 Å². The number of carbonyl (C=O) groups excluding carboxylic acids is 2. The van der Waals surface area contributed by atoms with Gasteiger partial charge in [-0.15, -0.1) is 0 Å². The minimum Gasteiger partial charge on any atom is -0.381 e. The van der Waals surface area contributed by atoms with Gasteiger partial charge in [0.15, 0.2) is 5.82 Å². The fourth-order valence-corrected chi connectivity index (χ4v) is 4.58. The molecule has 2 aliphatic rings. The number of amides is 2. The number of pyridine rings is 1. The van der Waals surface area contributed by atoms with Gasteiger partial charge in [0.25, 0.3) is 11.8 Å². The van der Waals surface area contributed by atoms with Crippen LogP contribution in [-0.2, 0) is 11.3 Å². The number of fused-ring (bicyclic) bond motifs is 1. The fraction of sp³-hybridized carbons (Fsp3) is 0.207. The van der Waals surface area contributed by atoms with Gasteiger partial charge in [-0.1, -0.05) is 48.5 Å². The van der Waals surface area contributed by atoms with Crippen LogP contribution in [-0.4, -0.2) is 44.5 Å². The summed E-state index contributed by atoms with van der Waals surface area (Å²) in [6.07, 6.45) is 3.77. The molecule has 6 rings (SSSR count). The van der Waals surface area contributed by atoms with Crippen LogP contribution in [0, 0.1) is 5.82 Å². The van der Waals surface area contributed by atoms with Crippen molar-refractivity contribution in [2.45, 2.75) is 38.5 Å². The molecule has 196 valence electrons. The predicted molar refractivity (Wildman–Crippen MR) is 146 cm³/mol. The SMILES string of the molecule is CCn1ncc(C(=O)N[C@H]2N=C(c3ccccc3)c3ccccc3NC2=O)c1-c1ncc(NC2CC2)cc1F. The lowest BCUT2D eigenvalue weighted by molar-refractivity contribution is -0.117. The number of benzodiazepines with no additional fused rings is 1. The van der Waals surface area contributed by atoms with E-state index in [1.54, 1.807) is 12.3 Å². The maximum atomic E-state index is 15.2. The number of aryl methyl sites for hydroxylation is 1. The molecule has 3 N–H and O–H groups in total. The van der Waals surface area contributed by atoms with Crippen LogP contribution in [0.3, 0.4) is 0 Å². The van der Waals surface area contributed by atoms with Gasteiger partial charge in [-0.2, -0.15) is 5.10 Å². The lowest BCUT2D eigenvalue weighted by Gasteiger charge is -2.14. The van der Waals surface area contributed by atoms with Crippen LogP contribution in [0.2, 0.25) is 0 Å². The number of para-hydroxylation sites is 1. The molecule has 2 aromatic heterocycles. The molecular formula is C29H26FN7O2. The Balaban J connectivity index is 1.35. The van der Waals surface area contributed by atoms with Gasteiger partial charge in [0.1, 0.15) is 11.4 Å². The normalized spacial score (nSPS) is 16.5. The van der Waals surface area contributed by atoms with Crippen LogP contribution in [0.25, 0.3) is 11.4 Å². The molecule has 4 aromatic rings. The molecule has 1 fully saturated rings. The molecule has 1 saturated carbocycles. The first kappa shape index (κ1) is 24.5. The first-order valence-electron chi connectivity index (χ1n) is 12.8. The van der Waals surface area contributed by atoms with Crippen molar-refractivity contribution in [3.8, 4) is 11.4 Å². The highest BCUT2D eigenvalue weighted by molar-refractivity contribution is 6.20. The van der Waals surface area contributed by atoms with Crippen molar-refractivity contribution < 1.29 is 14.0 Å². The van der Waals surface area contributed by atoms with E-state index in [1.807, 2.05) is 55.5 Å². The van der Waals surface area contributed by atoms with E-state index in [-0.39, 0.29) is 17.0 Å². The van der Waals surface area contributed by atoms with E-state index in [9.17, 15) is 9.59 Å². The summed E-state index contributed by atoms with van der Waals surface area (Å²) in [5.74, 6) is -1.68. The molecule has 0 saturated heterocycles. The lowest BCUT2D eigenvalue weighted by Crippen LogP contribution is -2.42. The highest BCUT2D eigenvalue weighted by Crippen LogP contribution is 2.30. The zero-order valence-corrected chi connectivity index (χ0v) is 21.2. The van der Waals surface area contributed by atoms with E-state index < -0.39 is 23.8 Å². The number of aliphatic imine (C=N–C) groups is 1. The minimum atomic E-state index is -1.24. The zero-order chi connectivity index (χ0) is 26.9. The van der Waals surface area contributed by atoms with Crippen molar-refractivity contribution in [1.82, 2.24) is 20.1 Å². The highest BCUT2D eigenvalue weighted by Gasteiger charge is 2.30. The number of nitrogens with one attached hydrogen (secondary N) is 3. The molecule has 0 spiro atoms. The molecule has 0 unspecified atom stereocenters. The predicted octanol–water partition coefficient (Wildman–Crippen LogP) is 4.22. The van der Waals surface area contributed by atoms with Crippen molar-refractivity contribution in [2.75, 3.05) is 10.6 Å². The monoisotopic (exact) mass is 523 g/mol. The zero-order valence-electron chi connectivity index (χ0n) is 21.2. The third-order valence-electron chi connectivity index (χ3n) is 6.66. The summed E-state index contributed by atoms with van der Waals surface area (Å²) in [6.45, 7) is 2.23. The number of anilines is 2. The third kappa shape index (κ3) is 4.88. The highest BCUT2D eigenvalue weighted by atomic mass is 19.1. The molecule has 39 heavy (non-hydrogen) atoms. The van der Waals surface area contributed by atoms with Crippen molar-refractivity contribution in [3.63, 3.8) is 0 Å². The number of hydrogen-bond donors (Lipinski definition) is 3. The Hall–Kier alpha value is -4.86. The van der Waals surface area contributed by atoms with Crippen LogP contribution < -0.4 is 16.0 Å². The molecule has 9 nitrogen and oxygen atoms in total. The molecule has 10 heteroatoms. The van der Waals surface area contributed by atoms with E-state index >= 15 is 4.39 Å². The van der Waals surface area contributed by atoms with Gasteiger partial charge in [-0.25, -0.2) is 14.4 Å². The number of halogens is 1. The minimum absolute atomic E-state index is 0.00652. The Morgan fingerprint density at radius 2 is 1.87 bits per heavy atom. The van der Waals surface area contributed by atoms with E-state index in [4.69, 9.17) is 0 Å². The summed E-state index contributed by atoms with van der Waals surface area (Å²) in [4.78, 5) is 35.8. The number of carbonyl (C=O) groups is 2. The van der Waals surface area contributed by atoms with E-state index in [1.165, 1.54) is 16.9 Å². The Morgan fingerprint density at radius 3 is 2.62 bits per heavy atom. The van der Waals surface area contributed by atoms with E-state index in [0.29, 0.717) is 29.7 Å². The van der Waals surface area contributed by atoms with Gasteiger partial charge in [0.2, 0.25) is 6.17 Å². The summed E-state index contributed by atoms with van der Waals surface area (Å²) in [5.41, 5.74) is 3.60. The number of aromatic nitrogens is 3. The molecule has 3 heterocycles. The van der Waals surface area contributed by atoms with Crippen LogP contribution in [0.15, 0.2) is 78.0 Å². The smallest absolute Gasteiger partial charge is 0.269 e. The Bertz CT molecular complexity index is 1590. The standard InChI is InChI=1S/C29H26FN7O2/c1-2-37-26(25-22(30)14-19(15-31-25)33-18-12-13-18)21(16-32-37)28(38)36-27-29(39)34-23-11-7-6-10-20(23)24(35-27)17-8-4-3-5-9-17/h3-11,14-16,18,27,33H,2,12-13H2,1H3,(H,34,39)(H,36,38)/t27-/m1/s1. The second kappa shape index (κ2) is 10.1. The maximum Gasteiger partial charge on any atom is 0.269 e. The first-order valence-corrected chi connectivity index (χ1v) is 12.8. The second-order valence-electron chi connectivity index (χ2n) is 9.45. The topological polar surface area (TPSA) is 113 Å². The number of rotatable bonds is 7. The molecule has 1 aliphatic heterocycles. The van der Waals surface area contributed by atoms with Crippen LogP contribution in [0.5, 0.6) is 0 Å². The van der Waals surface area contributed by atoms with Crippen LogP contribution in [0.1, 0.15) is 41.3 Å². The Morgan fingerprint density at radius 1 is 1.10 bits per heavy atom. The lowest BCUT2D eigenvalue weighted by atomic mass is 10.0. The Labute approximate surface area is 224 Å². The molecule has 0 radical (unpaired) electrons. The third-order valence-corrected chi connectivity index (χ3v) is 6.66. The quantitative estimate of drug-likeness (QED) is 0.336. The largest absolute Gasteiger partial charge is 0.381 e. The van der Waals surface area contributed by atoms with E-state index in [0.717, 1.165) is 24.0 Å². The molecule has 1 aliphatic carbocycles. The first-order chi connectivity index (χ1) is 19.0. The average molecular weight is 524 g/mol.